The van der Waals surface area contributed by atoms with E-state index in [0.29, 0.717) is 0 Å². The molecule has 1 aliphatic rings. The van der Waals surface area contributed by atoms with Crippen molar-refractivity contribution < 1.29 is 0 Å². The van der Waals surface area contributed by atoms with Gasteiger partial charge < -0.3 is 5.32 Å². The first-order valence-corrected chi connectivity index (χ1v) is 5.37. The number of hydrogen-bond donors (Lipinski definition) is 1. The zero-order chi connectivity index (χ0) is 9.80. The average molecular weight is 187 g/mol. The maximum Gasteiger partial charge on any atom is 0.0345 e. The van der Waals surface area contributed by atoms with Gasteiger partial charge in [-0.25, -0.2) is 0 Å². The van der Waals surface area contributed by atoms with Gasteiger partial charge in [0.05, 0.1) is 0 Å². The predicted octanol–water partition coefficient (Wildman–Crippen LogP) is 3.16. The van der Waals surface area contributed by atoms with Gasteiger partial charge in [-0.15, -0.1) is 6.58 Å². The lowest BCUT2D eigenvalue weighted by molar-refractivity contribution is 0.686. The van der Waals surface area contributed by atoms with Crippen LogP contribution in [-0.4, -0.2) is 6.54 Å². The number of nitrogens with one attached hydrogen (secondary N) is 1. The molecule has 0 spiro atoms. The van der Waals surface area contributed by atoms with Crippen molar-refractivity contribution in [3.8, 4) is 0 Å². The number of benzene rings is 1. The molecule has 0 amide bonds. The van der Waals surface area contributed by atoms with Crippen LogP contribution < -0.4 is 5.32 Å². The van der Waals surface area contributed by atoms with Crippen LogP contribution in [0, 0.1) is 0 Å². The van der Waals surface area contributed by atoms with Gasteiger partial charge in [-0.05, 0) is 48.9 Å². The Hall–Kier alpha value is -1.24. The molecule has 0 heterocycles. The summed E-state index contributed by atoms with van der Waals surface area (Å²) >= 11 is 0. The second-order valence-corrected chi connectivity index (χ2v) is 3.86. The van der Waals surface area contributed by atoms with Crippen LogP contribution in [0.5, 0.6) is 0 Å². The highest BCUT2D eigenvalue weighted by atomic mass is 14.8. The number of hydrogen-bond acceptors (Lipinski definition) is 1. The molecule has 0 aromatic heterocycles. The van der Waals surface area contributed by atoms with Crippen LogP contribution in [0.3, 0.4) is 0 Å². The van der Waals surface area contributed by atoms with E-state index in [9.17, 15) is 0 Å². The highest BCUT2D eigenvalue weighted by Crippen LogP contribution is 2.23. The van der Waals surface area contributed by atoms with Gasteiger partial charge in [0.25, 0.3) is 0 Å². The lowest BCUT2D eigenvalue weighted by Gasteiger charge is -2.16. The van der Waals surface area contributed by atoms with Crippen molar-refractivity contribution in [1.82, 2.24) is 0 Å². The molecule has 0 unspecified atom stereocenters. The van der Waals surface area contributed by atoms with Crippen LogP contribution in [0.2, 0.25) is 0 Å². The van der Waals surface area contributed by atoms with Crippen LogP contribution in [0.4, 0.5) is 5.69 Å². The average Bonchev–Trinajstić information content (AvgIpc) is 2.26. The smallest absolute Gasteiger partial charge is 0.0345 e. The second-order valence-electron chi connectivity index (χ2n) is 3.86. The minimum absolute atomic E-state index is 0.846. The van der Waals surface area contributed by atoms with Gasteiger partial charge in [-0.1, -0.05) is 12.1 Å². The summed E-state index contributed by atoms with van der Waals surface area (Å²) in [4.78, 5) is 0. The first-order valence-electron chi connectivity index (χ1n) is 5.37. The largest absolute Gasteiger partial charge is 0.382 e. The van der Waals surface area contributed by atoms with Gasteiger partial charge in [-0.3, -0.25) is 0 Å². The molecule has 0 atom stereocenters. The van der Waals surface area contributed by atoms with Crippen molar-refractivity contribution in [2.75, 3.05) is 11.9 Å². The van der Waals surface area contributed by atoms with E-state index in [4.69, 9.17) is 0 Å². The molecule has 0 aliphatic heterocycles. The Balaban J connectivity index is 2.16. The first-order chi connectivity index (χ1) is 6.90. The Morgan fingerprint density at radius 2 is 2.00 bits per heavy atom. The maximum absolute atomic E-state index is 3.70. The monoisotopic (exact) mass is 187 g/mol. The highest BCUT2D eigenvalue weighted by Gasteiger charge is 2.08. The Bertz CT molecular complexity index is 328. The van der Waals surface area contributed by atoms with Crippen molar-refractivity contribution >= 4 is 5.69 Å². The normalized spacial score (nSPS) is 14.6. The summed E-state index contributed by atoms with van der Waals surface area (Å²) in [5.41, 5.74) is 4.30. The van der Waals surface area contributed by atoms with Gasteiger partial charge in [-0.2, -0.15) is 0 Å². The first kappa shape index (κ1) is 9.32. The fourth-order valence-corrected chi connectivity index (χ4v) is 2.03. The fraction of sp³-hybridized carbons (Fsp3) is 0.385. The van der Waals surface area contributed by atoms with Crippen LogP contribution in [-0.2, 0) is 12.8 Å². The van der Waals surface area contributed by atoms with Crippen LogP contribution >= 0.6 is 0 Å². The second kappa shape index (κ2) is 4.32. The Labute approximate surface area is 85.8 Å². The quantitative estimate of drug-likeness (QED) is 0.717. The molecule has 1 N–H and O–H groups in total. The molecule has 0 saturated carbocycles. The van der Waals surface area contributed by atoms with Crippen LogP contribution in [0.25, 0.3) is 0 Å². The molecule has 0 saturated heterocycles. The molecule has 2 rings (SSSR count). The van der Waals surface area contributed by atoms with Gasteiger partial charge in [0.2, 0.25) is 0 Å². The summed E-state index contributed by atoms with van der Waals surface area (Å²) < 4.78 is 0. The van der Waals surface area contributed by atoms with Gasteiger partial charge >= 0.3 is 0 Å². The van der Waals surface area contributed by atoms with E-state index in [1.165, 1.54) is 36.9 Å². The van der Waals surface area contributed by atoms with Crippen molar-refractivity contribution in [3.63, 3.8) is 0 Å². The SMILES string of the molecule is C=CCNc1ccc2c(c1)CCCC2. The maximum atomic E-state index is 3.70. The predicted molar refractivity (Wildman–Crippen MR) is 61.8 cm³/mol. The minimum Gasteiger partial charge on any atom is -0.382 e. The van der Waals surface area contributed by atoms with Gasteiger partial charge in [0, 0.05) is 12.2 Å². The van der Waals surface area contributed by atoms with E-state index in [1.54, 1.807) is 5.56 Å². The molecule has 1 heteroatoms. The molecular weight excluding hydrogens is 170 g/mol. The molecule has 1 nitrogen and oxygen atoms in total. The number of aryl methyl sites for hydroxylation is 2. The number of rotatable bonds is 3. The van der Waals surface area contributed by atoms with Crippen molar-refractivity contribution in [2.24, 2.45) is 0 Å². The van der Waals surface area contributed by atoms with Gasteiger partial charge in [0.1, 0.15) is 0 Å². The van der Waals surface area contributed by atoms with Crippen molar-refractivity contribution in [1.29, 1.82) is 0 Å². The summed E-state index contributed by atoms with van der Waals surface area (Å²) in [5.74, 6) is 0. The molecule has 1 aromatic carbocycles. The number of anilines is 1. The van der Waals surface area contributed by atoms with E-state index in [1.807, 2.05) is 6.08 Å². The van der Waals surface area contributed by atoms with Crippen molar-refractivity contribution in [3.05, 3.63) is 42.0 Å². The third kappa shape index (κ3) is 1.98. The molecule has 1 aliphatic carbocycles. The number of fused-ring (bicyclic) bond motifs is 1. The van der Waals surface area contributed by atoms with E-state index in [2.05, 4.69) is 30.1 Å². The molecule has 74 valence electrons. The Morgan fingerprint density at radius 1 is 1.21 bits per heavy atom. The van der Waals surface area contributed by atoms with Crippen molar-refractivity contribution in [2.45, 2.75) is 25.7 Å². The van der Waals surface area contributed by atoms with Crippen LogP contribution in [0.15, 0.2) is 30.9 Å². The zero-order valence-electron chi connectivity index (χ0n) is 8.55. The van der Waals surface area contributed by atoms with Gasteiger partial charge in [0.15, 0.2) is 0 Å². The van der Waals surface area contributed by atoms with Crippen LogP contribution in [0.1, 0.15) is 24.0 Å². The lowest BCUT2D eigenvalue weighted by Crippen LogP contribution is -2.04. The molecule has 1 aromatic rings. The molecule has 0 radical (unpaired) electrons. The molecular formula is C13H17N. The summed E-state index contributed by atoms with van der Waals surface area (Å²) in [6.07, 6.45) is 7.10. The Kier molecular flexibility index (Phi) is 2.87. The topological polar surface area (TPSA) is 12.0 Å². The van der Waals surface area contributed by atoms with E-state index < -0.39 is 0 Å². The molecule has 0 fully saturated rings. The summed E-state index contributed by atoms with van der Waals surface area (Å²) in [6.45, 7) is 4.55. The minimum atomic E-state index is 0.846. The third-order valence-corrected chi connectivity index (χ3v) is 2.80. The lowest BCUT2D eigenvalue weighted by atomic mass is 9.91. The zero-order valence-corrected chi connectivity index (χ0v) is 8.55. The Morgan fingerprint density at radius 3 is 2.79 bits per heavy atom. The van der Waals surface area contributed by atoms with E-state index in [0.717, 1.165) is 6.54 Å². The van der Waals surface area contributed by atoms with E-state index >= 15 is 0 Å². The fourth-order valence-electron chi connectivity index (χ4n) is 2.03. The molecule has 0 bridgehead atoms. The highest BCUT2D eigenvalue weighted by molar-refractivity contribution is 5.49. The van der Waals surface area contributed by atoms with E-state index in [-0.39, 0.29) is 0 Å². The summed E-state index contributed by atoms with van der Waals surface area (Å²) in [6, 6.07) is 6.73. The molecule has 14 heavy (non-hydrogen) atoms. The standard InChI is InChI=1S/C13H17N/c1-2-9-14-13-8-7-11-5-3-4-6-12(11)10-13/h2,7-8,10,14H,1,3-6,9H2. The third-order valence-electron chi connectivity index (χ3n) is 2.80. The summed E-state index contributed by atoms with van der Waals surface area (Å²) in [5, 5.41) is 3.33. The summed E-state index contributed by atoms with van der Waals surface area (Å²) in [7, 11) is 0.